The minimum Gasteiger partial charge on any atom is -0.387 e. The Labute approximate surface area is 844 Å². The summed E-state index contributed by atoms with van der Waals surface area (Å²) in [6, 6.07) is 0. The van der Waals surface area contributed by atoms with Crippen molar-refractivity contribution in [2.24, 2.45) is 0 Å². The maximum atomic E-state index is 15.5. The summed E-state index contributed by atoms with van der Waals surface area (Å²) in [5, 5.41) is 11.9. The summed E-state index contributed by atoms with van der Waals surface area (Å²) >= 11 is 17.2. The molecule has 6 saturated heterocycles. The zero-order chi connectivity index (χ0) is 106. The first-order valence-electron chi connectivity index (χ1n) is 45.0. The number of nitrogens with two attached hydrogens (primary N) is 3. The predicted molar refractivity (Wildman–Crippen MR) is 511 cm³/mol. The maximum absolute atomic E-state index is 15.5. The third-order valence-electron chi connectivity index (χ3n) is 23.9. The van der Waals surface area contributed by atoms with Gasteiger partial charge in [-0.05, 0) is 69.5 Å². The van der Waals surface area contributed by atoms with Crippen molar-refractivity contribution >= 4 is 122 Å². The SMILES string of the molecule is CC[C@H]1O[C@@H](n2cnc3c(N)ncnc32)CC1OP(O)(=S)OC[C@H]1O[C@@H](n2cc(C)c(=O)[nH]c2=O)[C@@H](OCCOC)C1OP(=O)(O)OC[C@H]1O[C@@H](n2cnc3c(=O)[nH]c(N)nc32)[C@@H](OCCOC)C1OP(=O)(O)OC[C@H]1O[C@@H](n2cc(C)c(=O)[nH]c2=O)[C@@H](OCCOC)C1OP(O)(=S)OC[C@H]1O[C@@H](n2cnc3c(=O)[nH]c(C)nc32)[C@@H](OCCOC)C1OP(O)(=S)OC[C@H]1O[C@@H](n2cc(C)c(N)nc2=O)[C@@H](OCCOC)C1O. The van der Waals surface area contributed by atoms with E-state index in [1.54, 1.807) is 18.4 Å². The molecule has 15 heterocycles. The lowest BCUT2D eigenvalue weighted by molar-refractivity contribution is -0.0840. The van der Waals surface area contributed by atoms with Crippen LogP contribution >= 0.6 is 35.8 Å². The van der Waals surface area contributed by atoms with Crippen LogP contribution in [0.2, 0.25) is 0 Å². The van der Waals surface area contributed by atoms with Crippen molar-refractivity contribution in [3.05, 3.63) is 139 Å². The Morgan fingerprint density at radius 1 is 0.395 bits per heavy atom. The van der Waals surface area contributed by atoms with E-state index in [1.165, 1.54) is 86.1 Å². The summed E-state index contributed by atoms with van der Waals surface area (Å²) in [6.07, 6.45) is -28.4. The van der Waals surface area contributed by atoms with Crippen LogP contribution in [0.25, 0.3) is 33.5 Å². The van der Waals surface area contributed by atoms with E-state index in [0.29, 0.717) is 17.6 Å². The predicted octanol–water partition coefficient (Wildman–Crippen LogP) is -2.01. The number of aliphatic hydroxyl groups is 1. The Balaban J connectivity index is 0.726. The number of anilines is 3. The van der Waals surface area contributed by atoms with Crippen LogP contribution < -0.4 is 56.5 Å². The number of methoxy groups -OCH3 is 5. The molecule has 16 N–H and O–H groups in total. The largest absolute Gasteiger partial charge is 0.472 e. The van der Waals surface area contributed by atoms with E-state index in [2.05, 4.69) is 59.8 Å². The average Bonchev–Trinajstić information content (AvgIpc) is 1.60. The number of nitrogen functional groups attached to an aromatic ring is 3. The molecule has 9 aromatic rings. The minimum atomic E-state index is -5.98. The van der Waals surface area contributed by atoms with Gasteiger partial charge in [-0.2, -0.15) is 9.97 Å². The summed E-state index contributed by atoms with van der Waals surface area (Å²) < 4.78 is 195. The first kappa shape index (κ1) is 113. The lowest BCUT2D eigenvalue weighted by Crippen LogP contribution is -2.42. The van der Waals surface area contributed by atoms with Gasteiger partial charge in [0.1, 0.15) is 121 Å². The van der Waals surface area contributed by atoms with Gasteiger partial charge in [-0.3, -0.25) is 88.7 Å². The molecular weight excluding hydrogens is 2130 g/mol. The number of hydrogen-bond acceptors (Lipinski definition) is 50. The molecule has 147 heavy (non-hydrogen) atoms. The number of imidazole rings is 3. The number of aromatic amines is 4. The van der Waals surface area contributed by atoms with Crippen LogP contribution in [-0.4, -0.2) is 355 Å². The molecular formula is C77H110N21O41P5S3. The summed E-state index contributed by atoms with van der Waals surface area (Å²) in [4.78, 5) is 199. The van der Waals surface area contributed by atoms with Gasteiger partial charge in [0.15, 0.2) is 64.9 Å². The Morgan fingerprint density at radius 3 is 1.23 bits per heavy atom. The van der Waals surface area contributed by atoms with Crippen molar-refractivity contribution in [1.29, 1.82) is 0 Å². The van der Waals surface area contributed by atoms with Gasteiger partial charge < -0.3 is 146 Å². The first-order chi connectivity index (χ1) is 70.0. The highest BCUT2D eigenvalue weighted by Gasteiger charge is 2.59. The number of nitrogens with one attached hydrogen (secondary N) is 4. The quantitative estimate of drug-likeness (QED) is 0.0145. The Morgan fingerprint density at radius 2 is 0.776 bits per heavy atom. The van der Waals surface area contributed by atoms with E-state index in [9.17, 15) is 63.1 Å². The molecule has 0 saturated carbocycles. The van der Waals surface area contributed by atoms with Gasteiger partial charge in [0, 0.05) is 77.3 Å². The van der Waals surface area contributed by atoms with E-state index in [0.717, 1.165) is 37.0 Å². The number of aromatic nitrogens is 18. The second-order valence-electron chi connectivity index (χ2n) is 33.8. The highest BCUT2D eigenvalue weighted by Crippen LogP contribution is 2.58. The zero-order valence-corrected chi connectivity index (χ0v) is 86.7. The molecule has 0 amide bonds. The molecule has 0 aromatic carbocycles. The Bertz CT molecular complexity index is 6840. The van der Waals surface area contributed by atoms with Crippen LogP contribution in [-0.2, 0) is 166 Å². The number of phosphoric acid groups is 2. The van der Waals surface area contributed by atoms with Crippen LogP contribution in [0, 0.1) is 27.7 Å². The van der Waals surface area contributed by atoms with E-state index in [-0.39, 0.29) is 116 Å². The summed E-state index contributed by atoms with van der Waals surface area (Å²) in [6.45, 7) is -14.3. The fourth-order valence-electron chi connectivity index (χ4n) is 16.9. The molecule has 6 aliphatic rings. The number of hydrogen-bond donors (Lipinski definition) is 13. The van der Waals surface area contributed by atoms with Gasteiger partial charge in [0.25, 0.3) is 22.2 Å². The molecule has 0 bridgehead atoms. The molecule has 9 aromatic heterocycles. The highest BCUT2D eigenvalue weighted by molar-refractivity contribution is 8.07. The lowest BCUT2D eigenvalue weighted by atomic mass is 10.1. The number of H-pyrrole nitrogens is 4. The number of aliphatic hydroxyl groups excluding tert-OH is 1. The van der Waals surface area contributed by atoms with Gasteiger partial charge in [0.05, 0.1) is 130 Å². The number of rotatable bonds is 52. The summed E-state index contributed by atoms with van der Waals surface area (Å²) in [5.74, 6) is -0.326. The molecule has 0 radical (unpaired) electrons. The topological polar surface area (TPSA) is 789 Å². The number of phosphoric ester groups is 2. The van der Waals surface area contributed by atoms with Crippen molar-refractivity contribution in [2.45, 2.75) is 189 Å². The highest BCUT2D eigenvalue weighted by atomic mass is 32.5. The molecule has 0 aliphatic carbocycles. The summed E-state index contributed by atoms with van der Waals surface area (Å²) in [5.41, 5.74) is 11.7. The third-order valence-corrected chi connectivity index (χ3v) is 30.5. The standard InChI is InChI=1S/C77H110N21O41P5S3/c1-11-39-40(22-46(129-39)96-32-83-47-61(79)81-31-82-62(47)96)135-142(111,145)127-29-44-52(56(120-18-13-115-7)70(132-44)94-24-36(3)65(100)91-76(94)105)137-140(107,108)124-27-42-51(57(121-19-14-116-8)72(133-42)98-34-85-49-64(98)89-74(80)90-68(49)103)136-141(109,110)125-28-43-53(58(122-20-15-117-9)71(131-43)95-25-37(4)66(101)92-77(95)106)138-144(113,147)128-30-45-54(59(123-21-16-118-10)73(134-45)97-33-84-48-63(97)86-38(5)87-67(48)102)139-143(112,146)126-26-41-50(99)55(119-17-12-114-6)69(130-41)93-23-35(2)60(78)88-75(93)104/h23-25,31-34,39-46,50-59,69-73,99H,11-22,26-30H2,1-10H3,(H,107,108)(H,109,110)(H,111,145)(H,112,146)(H,113,147)(H2,78,88,104)(H2,79,81,82)(H,86,87,102)(H,91,100,105)(H,92,101,106)(H3,80,89,90,103)/t39-,40?,41-,42-,43-,44-,45-,46-,50?,51?,52?,53?,54?,55+,56+,57+,58+,59+,69-,70-,71-,72-,73-,142?,143?,144?/m1/s1. The van der Waals surface area contributed by atoms with Crippen LogP contribution in [0.3, 0.4) is 0 Å². The van der Waals surface area contributed by atoms with Gasteiger partial charge in [-0.15, -0.1) is 0 Å². The van der Waals surface area contributed by atoms with E-state index >= 15 is 9.13 Å². The molecule has 812 valence electrons. The van der Waals surface area contributed by atoms with Gasteiger partial charge in [-0.25, -0.2) is 53.4 Å². The van der Waals surface area contributed by atoms with Crippen molar-refractivity contribution in [1.82, 2.24) is 87.2 Å². The van der Waals surface area contributed by atoms with Crippen LogP contribution in [0.15, 0.2) is 77.5 Å². The minimum absolute atomic E-state index is 0.0335. The van der Waals surface area contributed by atoms with E-state index < -0.39 is 268 Å². The van der Waals surface area contributed by atoms with Gasteiger partial charge in [-0.1, -0.05) is 6.92 Å². The lowest BCUT2D eigenvalue weighted by Gasteiger charge is -2.30. The molecule has 6 aliphatic heterocycles. The van der Waals surface area contributed by atoms with E-state index in [4.69, 9.17) is 174 Å². The molecule has 28 atom stereocenters. The molecule has 15 rings (SSSR count). The van der Waals surface area contributed by atoms with Crippen LogP contribution in [0.1, 0.15) is 79.6 Å². The Kier molecular flexibility index (Phi) is 37.4. The molecule has 70 heteroatoms. The molecule has 6 fully saturated rings. The first-order valence-corrected chi connectivity index (χ1v) is 55.7. The zero-order valence-electron chi connectivity index (χ0n) is 79.8. The number of aryl methyl sites for hydroxylation is 4. The van der Waals surface area contributed by atoms with Crippen molar-refractivity contribution < 1.29 is 160 Å². The van der Waals surface area contributed by atoms with Crippen molar-refractivity contribution in [3.8, 4) is 0 Å². The summed E-state index contributed by atoms with van der Waals surface area (Å²) in [7, 11) is -5.16. The van der Waals surface area contributed by atoms with E-state index in [1.807, 2.05) is 0 Å². The molecule has 0 spiro atoms. The smallest absolute Gasteiger partial charge is 0.387 e. The monoisotopic (exact) mass is 2240 g/mol. The second kappa shape index (κ2) is 48.6. The van der Waals surface area contributed by atoms with Gasteiger partial charge >= 0.3 is 52.9 Å². The fourth-order valence-corrected chi connectivity index (χ4v) is 23.2. The van der Waals surface area contributed by atoms with Crippen molar-refractivity contribution in [3.63, 3.8) is 0 Å². The van der Waals surface area contributed by atoms with Crippen LogP contribution in [0.4, 0.5) is 17.6 Å². The number of nitrogens with zero attached hydrogens (tertiary/aromatic N) is 14. The fraction of sp³-hybridized carbons (Fsp3) is 0.649. The molecule has 62 nitrogen and oxygen atoms in total. The average molecular weight is 2240 g/mol. The second-order valence-corrected chi connectivity index (χ2v) is 44.9. The third kappa shape index (κ3) is 26.4. The van der Waals surface area contributed by atoms with Crippen LogP contribution in [0.5, 0.6) is 0 Å². The normalized spacial score (nSPS) is 29.0. The number of ether oxygens (including phenoxy) is 16. The Hall–Kier alpha value is -7.98. The number of fused-ring (bicyclic) bond motifs is 3. The van der Waals surface area contributed by atoms with Gasteiger partial charge in [0.2, 0.25) is 5.95 Å². The molecule has 11 unspecified atom stereocenters. The van der Waals surface area contributed by atoms with Crippen molar-refractivity contribution in [2.75, 3.05) is 152 Å². The maximum Gasteiger partial charge on any atom is 0.472 e.